The fourth-order valence-electron chi connectivity index (χ4n) is 2.61. The molecule has 0 saturated carbocycles. The number of fused-ring (bicyclic) bond motifs is 1. The molecule has 2 heterocycles. The molecule has 0 aliphatic heterocycles. The second-order valence-corrected chi connectivity index (χ2v) is 5.25. The molecule has 2 aromatic heterocycles. The Morgan fingerprint density at radius 2 is 1.83 bits per heavy atom. The highest BCUT2D eigenvalue weighted by Gasteiger charge is 2.14. The van der Waals surface area contributed by atoms with E-state index in [9.17, 15) is 5.11 Å². The van der Waals surface area contributed by atoms with Gasteiger partial charge in [0.15, 0.2) is 0 Å². The van der Waals surface area contributed by atoms with E-state index in [1.165, 1.54) is 0 Å². The summed E-state index contributed by atoms with van der Waals surface area (Å²) in [4.78, 5) is 4.52. The summed E-state index contributed by atoms with van der Waals surface area (Å²) in [6.45, 7) is 2.38. The molecule has 1 N–H and O–H groups in total. The van der Waals surface area contributed by atoms with E-state index in [1.54, 1.807) is 18.2 Å². The largest absolute Gasteiger partial charge is 0.507 e. The number of aromatic nitrogens is 4. The summed E-state index contributed by atoms with van der Waals surface area (Å²) >= 11 is 0. The summed E-state index contributed by atoms with van der Waals surface area (Å²) in [5, 5.41) is 18.0. The number of aryl methyl sites for hydroxylation is 1. The molecule has 114 valence electrons. The van der Waals surface area contributed by atoms with E-state index in [4.69, 9.17) is 4.42 Å². The third-order valence-electron chi connectivity index (χ3n) is 3.74. The monoisotopic (exact) mass is 306 g/mol. The first-order valence-corrected chi connectivity index (χ1v) is 7.25. The van der Waals surface area contributed by atoms with E-state index in [0.29, 0.717) is 23.9 Å². The Labute approximate surface area is 132 Å². The first-order chi connectivity index (χ1) is 11.2. The van der Waals surface area contributed by atoms with Crippen LogP contribution in [0, 0.1) is 6.92 Å². The molecule has 0 aliphatic carbocycles. The molecule has 4 rings (SSSR count). The Kier molecular flexibility index (Phi) is 3.08. The second kappa shape index (κ2) is 5.24. The Hall–Kier alpha value is -3.15. The molecule has 0 saturated heterocycles. The van der Waals surface area contributed by atoms with E-state index >= 15 is 0 Å². The number of aromatic hydroxyl groups is 1. The molecule has 0 radical (unpaired) electrons. The van der Waals surface area contributed by atoms with Crippen LogP contribution in [-0.4, -0.2) is 24.9 Å². The lowest BCUT2D eigenvalue weighted by Crippen LogP contribution is -2.02. The van der Waals surface area contributed by atoms with Crippen LogP contribution in [0.3, 0.4) is 0 Å². The van der Waals surface area contributed by atoms with Gasteiger partial charge >= 0.3 is 0 Å². The van der Waals surface area contributed by atoms with Crippen molar-refractivity contribution in [2.75, 3.05) is 0 Å². The highest BCUT2D eigenvalue weighted by atomic mass is 16.4. The van der Waals surface area contributed by atoms with Gasteiger partial charge in [-0.3, -0.25) is 0 Å². The highest BCUT2D eigenvalue weighted by Crippen LogP contribution is 2.27. The van der Waals surface area contributed by atoms with Gasteiger partial charge in [-0.25, -0.2) is 4.98 Å². The topological polar surface area (TPSA) is 77.0 Å². The van der Waals surface area contributed by atoms with Crippen molar-refractivity contribution in [1.82, 2.24) is 19.7 Å². The SMILES string of the molecule is Cc1nc2ccccc2n1Cc1nnc(-c2ccccc2O)o1. The Bertz CT molecular complexity index is 987. The van der Waals surface area contributed by atoms with Crippen LogP contribution in [0.2, 0.25) is 0 Å². The van der Waals surface area contributed by atoms with Crippen molar-refractivity contribution >= 4 is 11.0 Å². The fourth-order valence-corrected chi connectivity index (χ4v) is 2.61. The van der Waals surface area contributed by atoms with Gasteiger partial charge in [0.25, 0.3) is 5.89 Å². The molecule has 0 fully saturated rings. The molecule has 4 aromatic rings. The number of phenols is 1. The second-order valence-electron chi connectivity index (χ2n) is 5.25. The van der Waals surface area contributed by atoms with E-state index < -0.39 is 0 Å². The molecule has 0 spiro atoms. The molecule has 0 aliphatic rings. The first-order valence-electron chi connectivity index (χ1n) is 7.25. The van der Waals surface area contributed by atoms with Crippen LogP contribution in [-0.2, 0) is 6.54 Å². The molecule has 6 nitrogen and oxygen atoms in total. The number of nitrogens with zero attached hydrogens (tertiary/aromatic N) is 4. The maximum absolute atomic E-state index is 9.87. The molecule has 0 unspecified atom stereocenters. The van der Waals surface area contributed by atoms with Gasteiger partial charge in [0.1, 0.15) is 18.1 Å². The number of phenolic OH excluding ortho intramolecular Hbond substituents is 1. The van der Waals surface area contributed by atoms with E-state index in [1.807, 2.05) is 41.8 Å². The van der Waals surface area contributed by atoms with Gasteiger partial charge in [0.2, 0.25) is 5.89 Å². The Morgan fingerprint density at radius 3 is 2.70 bits per heavy atom. The number of imidazole rings is 1. The number of benzene rings is 2. The van der Waals surface area contributed by atoms with Crippen LogP contribution < -0.4 is 0 Å². The number of para-hydroxylation sites is 3. The summed E-state index contributed by atoms with van der Waals surface area (Å²) in [5.41, 5.74) is 2.48. The zero-order valence-corrected chi connectivity index (χ0v) is 12.5. The lowest BCUT2D eigenvalue weighted by molar-refractivity contribution is 0.464. The minimum absolute atomic E-state index is 0.118. The summed E-state index contributed by atoms with van der Waals surface area (Å²) in [6, 6.07) is 14.8. The third kappa shape index (κ3) is 2.34. The molecular weight excluding hydrogens is 292 g/mol. The molecule has 2 aromatic carbocycles. The number of hydrogen-bond donors (Lipinski definition) is 1. The van der Waals surface area contributed by atoms with Crippen molar-refractivity contribution in [3.63, 3.8) is 0 Å². The van der Waals surface area contributed by atoms with Crippen molar-refractivity contribution in [3.05, 3.63) is 60.2 Å². The average molecular weight is 306 g/mol. The minimum Gasteiger partial charge on any atom is -0.507 e. The van der Waals surface area contributed by atoms with Crippen LogP contribution in [0.25, 0.3) is 22.5 Å². The van der Waals surface area contributed by atoms with Crippen molar-refractivity contribution in [2.45, 2.75) is 13.5 Å². The maximum Gasteiger partial charge on any atom is 0.251 e. The average Bonchev–Trinajstić information content (AvgIpc) is 3.14. The van der Waals surface area contributed by atoms with Crippen molar-refractivity contribution < 1.29 is 9.52 Å². The summed E-state index contributed by atoms with van der Waals surface area (Å²) < 4.78 is 7.72. The molecule has 0 atom stereocenters. The standard InChI is InChI=1S/C17H14N4O2/c1-11-18-13-7-3-4-8-14(13)21(11)10-16-19-20-17(23-16)12-6-2-5-9-15(12)22/h2-9,22H,10H2,1H3. The van der Waals surface area contributed by atoms with Crippen LogP contribution in [0.5, 0.6) is 5.75 Å². The van der Waals surface area contributed by atoms with Gasteiger partial charge in [-0.05, 0) is 31.2 Å². The Balaban J connectivity index is 1.70. The van der Waals surface area contributed by atoms with Crippen LogP contribution in [0.1, 0.15) is 11.7 Å². The summed E-state index contributed by atoms with van der Waals surface area (Å²) in [6.07, 6.45) is 0. The Morgan fingerprint density at radius 1 is 1.04 bits per heavy atom. The predicted molar refractivity (Wildman–Crippen MR) is 85.0 cm³/mol. The van der Waals surface area contributed by atoms with Gasteiger partial charge < -0.3 is 14.1 Å². The summed E-state index contributed by atoms with van der Waals surface area (Å²) in [5.74, 6) is 1.77. The van der Waals surface area contributed by atoms with E-state index in [0.717, 1.165) is 16.9 Å². The number of hydrogen-bond acceptors (Lipinski definition) is 5. The summed E-state index contributed by atoms with van der Waals surface area (Å²) in [7, 11) is 0. The zero-order chi connectivity index (χ0) is 15.8. The normalized spacial score (nSPS) is 11.2. The predicted octanol–water partition coefficient (Wildman–Crippen LogP) is 3.15. The van der Waals surface area contributed by atoms with Crippen molar-refractivity contribution in [3.8, 4) is 17.2 Å². The highest BCUT2D eigenvalue weighted by molar-refractivity contribution is 5.75. The fraction of sp³-hybridized carbons (Fsp3) is 0.118. The van der Waals surface area contributed by atoms with Crippen LogP contribution >= 0.6 is 0 Å². The molecule has 6 heteroatoms. The van der Waals surface area contributed by atoms with Gasteiger partial charge in [-0.2, -0.15) is 0 Å². The first kappa shape index (κ1) is 13.5. The molecule has 23 heavy (non-hydrogen) atoms. The van der Waals surface area contributed by atoms with E-state index in [-0.39, 0.29) is 5.75 Å². The quantitative estimate of drug-likeness (QED) is 0.629. The van der Waals surface area contributed by atoms with Crippen molar-refractivity contribution in [1.29, 1.82) is 0 Å². The van der Waals surface area contributed by atoms with Gasteiger partial charge in [-0.15, -0.1) is 10.2 Å². The van der Waals surface area contributed by atoms with Crippen LogP contribution in [0.4, 0.5) is 0 Å². The van der Waals surface area contributed by atoms with Gasteiger partial charge in [-0.1, -0.05) is 24.3 Å². The van der Waals surface area contributed by atoms with Gasteiger partial charge in [0, 0.05) is 0 Å². The third-order valence-corrected chi connectivity index (χ3v) is 3.74. The molecule has 0 bridgehead atoms. The minimum atomic E-state index is 0.118. The lowest BCUT2D eigenvalue weighted by atomic mass is 10.2. The van der Waals surface area contributed by atoms with E-state index in [2.05, 4.69) is 15.2 Å². The maximum atomic E-state index is 9.87. The van der Waals surface area contributed by atoms with Crippen LogP contribution in [0.15, 0.2) is 52.9 Å². The van der Waals surface area contributed by atoms with Crippen molar-refractivity contribution in [2.24, 2.45) is 0 Å². The zero-order valence-electron chi connectivity index (χ0n) is 12.5. The lowest BCUT2D eigenvalue weighted by Gasteiger charge is -2.02. The molecular formula is C17H14N4O2. The van der Waals surface area contributed by atoms with Gasteiger partial charge in [0.05, 0.1) is 16.6 Å². The molecule has 0 amide bonds. The smallest absolute Gasteiger partial charge is 0.251 e. The number of rotatable bonds is 3.